The van der Waals surface area contributed by atoms with E-state index in [2.05, 4.69) is 28.8 Å². The summed E-state index contributed by atoms with van der Waals surface area (Å²) in [5.74, 6) is 0. The molecule has 0 radical (unpaired) electrons. The van der Waals surface area contributed by atoms with Gasteiger partial charge in [0.25, 0.3) is 0 Å². The average Bonchev–Trinajstić information content (AvgIpc) is 2.27. The molecular formula is C11H21N3O. The van der Waals surface area contributed by atoms with Gasteiger partial charge in [-0.3, -0.25) is 0 Å². The summed E-state index contributed by atoms with van der Waals surface area (Å²) in [6.45, 7) is 4.51. The SMILES string of the molecule is CCCCCCCC.Oc1ncncn1. The van der Waals surface area contributed by atoms with Gasteiger partial charge in [0.15, 0.2) is 0 Å². The Morgan fingerprint density at radius 2 is 1.40 bits per heavy atom. The molecule has 0 saturated carbocycles. The fraction of sp³-hybridized carbons (Fsp3) is 0.727. The standard InChI is InChI=1S/C8H18.C3H3N3O/c1-3-5-7-8-6-4-2;7-3-5-1-4-2-6-3/h3-8H2,1-2H3;1-2H,(H,4,5,6,7). The normalized spacial score (nSPS) is 9.20. The molecule has 0 saturated heterocycles. The van der Waals surface area contributed by atoms with Gasteiger partial charge in [-0.15, -0.1) is 0 Å². The van der Waals surface area contributed by atoms with Crippen LogP contribution in [-0.2, 0) is 0 Å². The van der Waals surface area contributed by atoms with Crippen LogP contribution in [0, 0.1) is 0 Å². The van der Waals surface area contributed by atoms with Crippen LogP contribution >= 0.6 is 0 Å². The van der Waals surface area contributed by atoms with Gasteiger partial charge in [0.2, 0.25) is 0 Å². The van der Waals surface area contributed by atoms with Gasteiger partial charge in [-0.05, 0) is 0 Å². The maximum Gasteiger partial charge on any atom is 0.316 e. The Morgan fingerprint density at radius 1 is 0.933 bits per heavy atom. The van der Waals surface area contributed by atoms with Crippen molar-refractivity contribution in [1.82, 2.24) is 15.0 Å². The fourth-order valence-corrected chi connectivity index (χ4v) is 1.09. The van der Waals surface area contributed by atoms with Gasteiger partial charge in [0, 0.05) is 0 Å². The monoisotopic (exact) mass is 211 g/mol. The third kappa shape index (κ3) is 10.7. The molecule has 0 bridgehead atoms. The first-order valence-electron chi connectivity index (χ1n) is 5.62. The topological polar surface area (TPSA) is 58.9 Å². The number of aromatic nitrogens is 3. The van der Waals surface area contributed by atoms with E-state index >= 15 is 0 Å². The van der Waals surface area contributed by atoms with Crippen LogP contribution in [0.5, 0.6) is 6.01 Å². The minimum atomic E-state index is -0.241. The molecule has 1 aromatic rings. The van der Waals surface area contributed by atoms with Crippen LogP contribution in [0.4, 0.5) is 0 Å². The molecule has 0 amide bonds. The average molecular weight is 211 g/mol. The Morgan fingerprint density at radius 3 is 1.67 bits per heavy atom. The molecule has 1 N–H and O–H groups in total. The lowest BCUT2D eigenvalue weighted by Gasteiger charge is -1.93. The van der Waals surface area contributed by atoms with Crippen molar-refractivity contribution in [2.45, 2.75) is 52.4 Å². The van der Waals surface area contributed by atoms with Crippen LogP contribution < -0.4 is 0 Å². The Labute approximate surface area is 91.8 Å². The summed E-state index contributed by atoms with van der Waals surface area (Å²) < 4.78 is 0. The number of unbranched alkanes of at least 4 members (excludes halogenated alkanes) is 5. The van der Waals surface area contributed by atoms with Crippen LogP contribution in [0.3, 0.4) is 0 Å². The second-order valence-corrected chi connectivity index (χ2v) is 3.35. The summed E-state index contributed by atoms with van der Waals surface area (Å²) in [6, 6.07) is -0.241. The first-order chi connectivity index (χ1) is 7.31. The maximum absolute atomic E-state index is 8.37. The van der Waals surface area contributed by atoms with Gasteiger partial charge >= 0.3 is 6.01 Å². The van der Waals surface area contributed by atoms with E-state index < -0.39 is 0 Å². The van der Waals surface area contributed by atoms with Gasteiger partial charge in [-0.1, -0.05) is 52.4 Å². The van der Waals surface area contributed by atoms with E-state index in [1.165, 1.54) is 51.2 Å². The summed E-state index contributed by atoms with van der Waals surface area (Å²) >= 11 is 0. The number of nitrogens with zero attached hydrogens (tertiary/aromatic N) is 3. The fourth-order valence-electron chi connectivity index (χ4n) is 1.09. The van der Waals surface area contributed by atoms with Crippen LogP contribution in [-0.4, -0.2) is 20.1 Å². The lowest BCUT2D eigenvalue weighted by Crippen LogP contribution is -1.78. The quantitative estimate of drug-likeness (QED) is 0.761. The predicted molar refractivity (Wildman–Crippen MR) is 60.5 cm³/mol. The van der Waals surface area contributed by atoms with Crippen LogP contribution in [0.1, 0.15) is 52.4 Å². The summed E-state index contributed by atoms with van der Waals surface area (Å²) in [4.78, 5) is 10.1. The van der Waals surface area contributed by atoms with E-state index in [4.69, 9.17) is 5.11 Å². The van der Waals surface area contributed by atoms with E-state index in [0.29, 0.717) is 0 Å². The molecule has 0 unspecified atom stereocenters. The van der Waals surface area contributed by atoms with Crippen molar-refractivity contribution in [3.8, 4) is 6.01 Å². The van der Waals surface area contributed by atoms with E-state index in [0.717, 1.165) is 0 Å². The number of hydrogen-bond acceptors (Lipinski definition) is 4. The van der Waals surface area contributed by atoms with E-state index in [9.17, 15) is 0 Å². The Kier molecular flexibility index (Phi) is 10.0. The molecule has 0 aliphatic heterocycles. The van der Waals surface area contributed by atoms with Crippen molar-refractivity contribution < 1.29 is 5.11 Å². The van der Waals surface area contributed by atoms with Crippen molar-refractivity contribution in [3.05, 3.63) is 12.7 Å². The number of hydrogen-bond donors (Lipinski definition) is 1. The Bertz CT molecular complexity index is 210. The Hall–Kier alpha value is -1.19. The smallest absolute Gasteiger partial charge is 0.316 e. The second kappa shape index (κ2) is 10.9. The van der Waals surface area contributed by atoms with Gasteiger partial charge in [-0.2, -0.15) is 9.97 Å². The lowest BCUT2D eigenvalue weighted by atomic mass is 10.1. The molecule has 1 rings (SSSR count). The van der Waals surface area contributed by atoms with Gasteiger partial charge in [0.1, 0.15) is 12.7 Å². The lowest BCUT2D eigenvalue weighted by molar-refractivity contribution is 0.427. The van der Waals surface area contributed by atoms with E-state index in [1.807, 2.05) is 0 Å². The predicted octanol–water partition coefficient (Wildman–Crippen LogP) is 2.94. The van der Waals surface area contributed by atoms with Gasteiger partial charge in [-0.25, -0.2) is 4.98 Å². The van der Waals surface area contributed by atoms with Gasteiger partial charge < -0.3 is 5.11 Å². The highest BCUT2D eigenvalue weighted by Gasteiger charge is 1.83. The van der Waals surface area contributed by atoms with Crippen molar-refractivity contribution >= 4 is 0 Å². The molecule has 0 aliphatic carbocycles. The zero-order valence-corrected chi connectivity index (χ0v) is 9.69. The molecule has 1 heterocycles. The molecule has 0 atom stereocenters. The summed E-state index contributed by atoms with van der Waals surface area (Å²) in [5.41, 5.74) is 0. The molecule has 0 aliphatic rings. The highest BCUT2D eigenvalue weighted by atomic mass is 16.3. The summed E-state index contributed by atoms with van der Waals surface area (Å²) in [7, 11) is 0. The molecule has 0 fully saturated rings. The van der Waals surface area contributed by atoms with Crippen LogP contribution in [0.25, 0.3) is 0 Å². The zero-order chi connectivity index (χ0) is 11.4. The van der Waals surface area contributed by atoms with Crippen LogP contribution in [0.15, 0.2) is 12.7 Å². The summed E-state index contributed by atoms with van der Waals surface area (Å²) in [6.07, 6.45) is 10.9. The molecule has 4 heteroatoms. The highest BCUT2D eigenvalue weighted by Crippen LogP contribution is 2.03. The molecule has 86 valence electrons. The highest BCUT2D eigenvalue weighted by molar-refractivity contribution is 4.81. The molecule has 15 heavy (non-hydrogen) atoms. The Balaban J connectivity index is 0.000000262. The largest absolute Gasteiger partial charge is 0.479 e. The zero-order valence-electron chi connectivity index (χ0n) is 9.69. The number of rotatable bonds is 5. The maximum atomic E-state index is 8.37. The molecule has 0 spiro atoms. The van der Waals surface area contributed by atoms with Gasteiger partial charge in [0.05, 0.1) is 0 Å². The molecule has 0 aromatic carbocycles. The first-order valence-corrected chi connectivity index (χ1v) is 5.62. The third-order valence-electron chi connectivity index (χ3n) is 1.94. The minimum absolute atomic E-state index is 0.241. The second-order valence-electron chi connectivity index (χ2n) is 3.35. The first kappa shape index (κ1) is 13.8. The van der Waals surface area contributed by atoms with Crippen molar-refractivity contribution in [3.63, 3.8) is 0 Å². The minimum Gasteiger partial charge on any atom is -0.479 e. The van der Waals surface area contributed by atoms with Crippen LogP contribution in [0.2, 0.25) is 0 Å². The van der Waals surface area contributed by atoms with Crippen molar-refractivity contribution in [1.29, 1.82) is 0 Å². The van der Waals surface area contributed by atoms with Crippen molar-refractivity contribution in [2.75, 3.05) is 0 Å². The molecular weight excluding hydrogens is 190 g/mol. The number of aromatic hydroxyl groups is 1. The summed E-state index contributed by atoms with van der Waals surface area (Å²) in [5, 5.41) is 8.37. The van der Waals surface area contributed by atoms with Crippen molar-refractivity contribution in [2.24, 2.45) is 0 Å². The molecule has 4 nitrogen and oxygen atoms in total. The molecule has 1 aromatic heterocycles. The third-order valence-corrected chi connectivity index (χ3v) is 1.94. The van der Waals surface area contributed by atoms with E-state index in [-0.39, 0.29) is 6.01 Å². The van der Waals surface area contributed by atoms with E-state index in [1.54, 1.807) is 0 Å².